The molecule has 1 atom stereocenters. The molecule has 1 unspecified atom stereocenters. The van der Waals surface area contributed by atoms with Crippen molar-refractivity contribution < 1.29 is 169 Å². The zero-order valence-corrected chi connectivity index (χ0v) is 22.8. The normalized spacial score (nSPS) is 10.7. The molecule has 0 saturated carbocycles. The van der Waals surface area contributed by atoms with E-state index in [2.05, 4.69) is 4.74 Å². The van der Waals surface area contributed by atoms with Gasteiger partial charge >= 0.3 is 107 Å². The summed E-state index contributed by atoms with van der Waals surface area (Å²) in [7, 11) is 0. The van der Waals surface area contributed by atoms with E-state index in [0.29, 0.717) is 0 Å². The van der Waals surface area contributed by atoms with Gasteiger partial charge in [-0.25, -0.2) is 4.79 Å². The van der Waals surface area contributed by atoms with Crippen molar-refractivity contribution in [2.75, 3.05) is 0 Å². The molecule has 0 aliphatic heterocycles. The average molecular weight is 486 g/mol. The van der Waals surface area contributed by atoms with Crippen LogP contribution in [-0.2, 0) is 33.5 Å². The third-order valence-corrected chi connectivity index (χ3v) is 2.82. The van der Waals surface area contributed by atoms with Crippen molar-refractivity contribution in [1.82, 2.24) is 0 Å². The van der Waals surface area contributed by atoms with Crippen LogP contribution in [0.1, 0.15) is 25.7 Å². The number of carbonyl (C=O) groups is 6. The molecule has 9 N–H and O–H groups in total. The molecule has 0 radical (unpaired) electrons. The molecule has 0 aliphatic carbocycles. The van der Waals surface area contributed by atoms with E-state index in [0.717, 1.165) is 0 Å². The quantitative estimate of drug-likeness (QED) is 0.180. The largest absolute Gasteiger partial charge is 1.00 e. The summed E-state index contributed by atoms with van der Waals surface area (Å²) in [5.74, 6) is -12.7. The number of aliphatic carboxylic acids is 5. The second kappa shape index (κ2) is 20.3. The number of ether oxygens (including phenoxy) is 1. The molecule has 0 saturated heterocycles. The second-order valence-electron chi connectivity index (χ2n) is 4.94. The molecule has 19 heteroatoms. The number of esters is 1. The van der Waals surface area contributed by atoms with Crippen LogP contribution in [0.15, 0.2) is 0 Å². The van der Waals surface area contributed by atoms with Crippen LogP contribution in [-0.4, -0.2) is 78.8 Å². The Bertz CT molecular complexity index is 607. The molecule has 0 bridgehead atoms. The second-order valence-corrected chi connectivity index (χ2v) is 4.94. The van der Waals surface area contributed by atoms with Gasteiger partial charge in [-0.2, -0.15) is 0 Å². The Hall–Kier alpha value is -0.340. The van der Waals surface area contributed by atoms with Crippen LogP contribution < -0.4 is 104 Å². The fourth-order valence-corrected chi connectivity index (χ4v) is 1.74. The minimum Gasteiger partial charge on any atom is -0.550 e. The van der Waals surface area contributed by atoms with E-state index in [1.165, 1.54) is 0 Å². The molecule has 0 aromatic heterocycles. The molecule has 0 amide bonds. The van der Waals surface area contributed by atoms with E-state index in [9.17, 15) is 49.2 Å². The minimum absolute atomic E-state index is 0. The van der Waals surface area contributed by atoms with Gasteiger partial charge in [-0.15, -0.1) is 0 Å². The number of hydrogen-bond acceptors (Lipinski definition) is 11. The standard InChI is InChI=1S/C12H14O13.3Na.3H2O/c13-5(14)1-11(24,9(20)21)4-8(19)25-12(10(22)23,2-6(15)16)3-7(17)18;;;;;;/h24H,1-4H2,(H,13,14)(H,15,16)(H,17,18)(H,20,21)(H,22,23);;;;3*1H2/q;3*+1;;;/p-3. The molecule has 0 heterocycles. The van der Waals surface area contributed by atoms with Gasteiger partial charge in [-0.1, -0.05) is 0 Å². The monoisotopic (exact) mass is 486 g/mol. The van der Waals surface area contributed by atoms with Crippen molar-refractivity contribution in [3.8, 4) is 0 Å². The number of rotatable bonds is 11. The summed E-state index contributed by atoms with van der Waals surface area (Å²) in [6, 6.07) is 0. The Morgan fingerprint density at radius 3 is 1.29 bits per heavy atom. The fourth-order valence-electron chi connectivity index (χ4n) is 1.74. The molecule has 0 spiro atoms. The predicted octanol–water partition coefficient (Wildman–Crippen LogP) is -17.5. The van der Waals surface area contributed by atoms with E-state index in [1.807, 2.05) is 0 Å². The van der Waals surface area contributed by atoms with Crippen molar-refractivity contribution >= 4 is 35.8 Å². The van der Waals surface area contributed by atoms with Crippen LogP contribution in [0.5, 0.6) is 0 Å². The van der Waals surface area contributed by atoms with Crippen LogP contribution >= 0.6 is 0 Å². The maximum Gasteiger partial charge on any atom is 1.00 e. The van der Waals surface area contributed by atoms with Crippen LogP contribution in [0.2, 0.25) is 0 Å². The fraction of sp³-hybridized carbons (Fsp3) is 0.500. The third-order valence-electron chi connectivity index (χ3n) is 2.82. The molecule has 16 nitrogen and oxygen atoms in total. The third kappa shape index (κ3) is 16.9. The van der Waals surface area contributed by atoms with Crippen molar-refractivity contribution in [1.29, 1.82) is 0 Å². The van der Waals surface area contributed by atoms with Crippen LogP contribution in [0.3, 0.4) is 0 Å². The Labute approximate surface area is 239 Å². The molecule has 0 aromatic rings. The maximum atomic E-state index is 11.7. The molecular weight excluding hydrogens is 469 g/mol. The number of carboxylic acids is 5. The first-order chi connectivity index (χ1) is 11.2. The summed E-state index contributed by atoms with van der Waals surface area (Å²) in [4.78, 5) is 65.3. The average Bonchev–Trinajstić information content (AvgIpc) is 2.34. The molecule has 164 valence electrons. The molecule has 31 heavy (non-hydrogen) atoms. The van der Waals surface area contributed by atoms with E-state index < -0.39 is 72.7 Å². The van der Waals surface area contributed by atoms with E-state index in [-0.39, 0.29) is 105 Å². The topological polar surface area (TPSA) is 336 Å². The maximum absolute atomic E-state index is 11.7. The molecule has 0 fully saturated rings. The van der Waals surface area contributed by atoms with Gasteiger partial charge in [0.15, 0.2) is 11.2 Å². The molecule has 0 rings (SSSR count). The van der Waals surface area contributed by atoms with Crippen molar-refractivity contribution in [2.24, 2.45) is 0 Å². The van der Waals surface area contributed by atoms with Gasteiger partial charge in [0.2, 0.25) is 0 Å². The minimum atomic E-state index is -3.31. The summed E-state index contributed by atoms with van der Waals surface area (Å²) in [5.41, 5.74) is -6.53. The van der Waals surface area contributed by atoms with Gasteiger partial charge in [-0.05, 0) is 0 Å². The Balaban J connectivity index is -0.000000192. The number of hydrogen-bond donors (Lipinski definition) is 3. The Morgan fingerprint density at radius 2 is 1.06 bits per heavy atom. The van der Waals surface area contributed by atoms with Crippen molar-refractivity contribution in [2.45, 2.75) is 36.9 Å². The molecular formula is C12H17Na3O16. The zero-order chi connectivity index (χ0) is 20.0. The Morgan fingerprint density at radius 1 is 0.710 bits per heavy atom. The molecule has 0 aromatic carbocycles. The first-order valence-electron chi connectivity index (χ1n) is 6.24. The smallest absolute Gasteiger partial charge is 0.550 e. The number of carboxylic acid groups (broad SMARTS) is 5. The van der Waals surface area contributed by atoms with Gasteiger partial charge in [-0.3, -0.25) is 9.59 Å². The number of carbonyl (C=O) groups excluding carboxylic acids is 4. The van der Waals surface area contributed by atoms with E-state index in [1.54, 1.807) is 0 Å². The Kier molecular flexibility index (Phi) is 31.5. The SMILES string of the molecule is O.O.O.O=C([O-])CC(CC(=O)[O-])(OC(=O)CC(O)(CC(=O)O)C(=O)O)C(=O)[O-].[Na+].[Na+].[Na+]. The summed E-state index contributed by atoms with van der Waals surface area (Å²) >= 11 is 0. The van der Waals surface area contributed by atoms with Crippen LogP contribution in [0.25, 0.3) is 0 Å². The first kappa shape index (κ1) is 48.2. The van der Waals surface area contributed by atoms with Crippen LogP contribution in [0, 0.1) is 0 Å². The van der Waals surface area contributed by atoms with Crippen molar-refractivity contribution in [3.63, 3.8) is 0 Å². The van der Waals surface area contributed by atoms with Crippen LogP contribution in [0.4, 0.5) is 0 Å². The summed E-state index contributed by atoms with van der Waals surface area (Å²) in [5, 5.41) is 59.2. The van der Waals surface area contributed by atoms with E-state index >= 15 is 0 Å². The van der Waals surface area contributed by atoms with E-state index in [4.69, 9.17) is 10.2 Å². The predicted molar refractivity (Wildman–Crippen MR) is 73.4 cm³/mol. The van der Waals surface area contributed by atoms with Gasteiger partial charge in [0, 0.05) is 24.8 Å². The summed E-state index contributed by atoms with van der Waals surface area (Å²) in [6.07, 6.45) is -6.47. The van der Waals surface area contributed by atoms with Gasteiger partial charge in [0.1, 0.15) is 0 Å². The molecule has 0 aliphatic rings. The van der Waals surface area contributed by atoms with Gasteiger partial charge in [0.05, 0.1) is 18.8 Å². The first-order valence-corrected chi connectivity index (χ1v) is 6.24. The summed E-state index contributed by atoms with van der Waals surface area (Å²) in [6.45, 7) is 0. The zero-order valence-electron chi connectivity index (χ0n) is 16.8. The number of aliphatic hydroxyl groups is 1. The van der Waals surface area contributed by atoms with Crippen molar-refractivity contribution in [3.05, 3.63) is 0 Å². The summed E-state index contributed by atoms with van der Waals surface area (Å²) < 4.78 is 4.19. The van der Waals surface area contributed by atoms with Gasteiger partial charge in [0.25, 0.3) is 0 Å². The van der Waals surface area contributed by atoms with Gasteiger partial charge < -0.3 is 66.2 Å².